The molecule has 154 valence electrons. The molecule has 0 aromatic heterocycles. The van der Waals surface area contributed by atoms with Crippen molar-refractivity contribution >= 4 is 17.8 Å². The van der Waals surface area contributed by atoms with Crippen LogP contribution in [0, 0.1) is 0 Å². The zero-order valence-corrected chi connectivity index (χ0v) is 17.3. The van der Waals surface area contributed by atoms with Crippen molar-refractivity contribution in [2.24, 2.45) is 4.99 Å². The standard InChI is InChI=1S/C21H33N5O2/c1-4-5-6-7-16(2)25-21(22-3)24-14-17-8-10-18(11-9-17)20(28)26-13-12-23-19(27)15-26/h8-11,16H,4-7,12-15H2,1-3H3,(H,23,27)(H2,22,24,25). The molecule has 1 aromatic rings. The SMILES string of the molecule is CCCCCC(C)NC(=NC)NCc1ccc(C(=O)N2CCNC(=O)C2)cc1. The Morgan fingerprint density at radius 1 is 1.29 bits per heavy atom. The van der Waals surface area contributed by atoms with Gasteiger partial charge in [0.25, 0.3) is 5.91 Å². The van der Waals surface area contributed by atoms with E-state index < -0.39 is 0 Å². The predicted octanol–water partition coefficient (Wildman–Crippen LogP) is 1.89. The Kier molecular flexibility index (Phi) is 8.78. The van der Waals surface area contributed by atoms with Crippen LogP contribution in [0.4, 0.5) is 0 Å². The number of guanidine groups is 1. The molecule has 1 fully saturated rings. The van der Waals surface area contributed by atoms with Gasteiger partial charge < -0.3 is 20.9 Å². The molecule has 2 rings (SSSR count). The third kappa shape index (κ3) is 6.87. The van der Waals surface area contributed by atoms with E-state index in [9.17, 15) is 9.59 Å². The Morgan fingerprint density at radius 3 is 2.68 bits per heavy atom. The van der Waals surface area contributed by atoms with E-state index in [-0.39, 0.29) is 18.4 Å². The Balaban J connectivity index is 1.82. The van der Waals surface area contributed by atoms with Gasteiger partial charge in [0.2, 0.25) is 5.91 Å². The summed E-state index contributed by atoms with van der Waals surface area (Å²) in [6.07, 6.45) is 4.82. The lowest BCUT2D eigenvalue weighted by Gasteiger charge is -2.26. The summed E-state index contributed by atoms with van der Waals surface area (Å²) in [5.41, 5.74) is 1.67. The molecule has 2 amide bonds. The monoisotopic (exact) mass is 387 g/mol. The van der Waals surface area contributed by atoms with Crippen LogP contribution in [0.2, 0.25) is 0 Å². The highest BCUT2D eigenvalue weighted by molar-refractivity contribution is 5.97. The van der Waals surface area contributed by atoms with E-state index in [0.717, 1.165) is 17.9 Å². The normalized spacial score (nSPS) is 15.8. The molecule has 1 saturated heterocycles. The highest BCUT2D eigenvalue weighted by Gasteiger charge is 2.22. The van der Waals surface area contributed by atoms with Gasteiger partial charge in [-0.05, 0) is 31.0 Å². The Morgan fingerprint density at radius 2 is 2.04 bits per heavy atom. The number of aliphatic imine (C=N–C) groups is 1. The summed E-state index contributed by atoms with van der Waals surface area (Å²) in [5.74, 6) is 0.569. The number of carbonyl (C=O) groups is 2. The largest absolute Gasteiger partial charge is 0.354 e. The van der Waals surface area contributed by atoms with Crippen LogP contribution in [0.5, 0.6) is 0 Å². The second kappa shape index (κ2) is 11.3. The maximum atomic E-state index is 12.5. The second-order valence-electron chi connectivity index (χ2n) is 7.24. The lowest BCUT2D eigenvalue weighted by Crippen LogP contribution is -2.49. The summed E-state index contributed by atoms with van der Waals surface area (Å²) in [7, 11) is 1.77. The maximum Gasteiger partial charge on any atom is 0.254 e. The summed E-state index contributed by atoms with van der Waals surface area (Å²) < 4.78 is 0. The van der Waals surface area contributed by atoms with Crippen molar-refractivity contribution in [3.63, 3.8) is 0 Å². The molecule has 7 nitrogen and oxygen atoms in total. The number of hydrogen-bond donors (Lipinski definition) is 3. The highest BCUT2D eigenvalue weighted by Crippen LogP contribution is 2.09. The van der Waals surface area contributed by atoms with Gasteiger partial charge in [-0.25, -0.2) is 0 Å². The zero-order valence-electron chi connectivity index (χ0n) is 17.3. The van der Waals surface area contributed by atoms with E-state index in [1.807, 2.05) is 24.3 Å². The molecule has 0 bridgehead atoms. The average molecular weight is 388 g/mol. The number of hydrogen-bond acceptors (Lipinski definition) is 3. The van der Waals surface area contributed by atoms with Crippen LogP contribution in [0.25, 0.3) is 0 Å². The van der Waals surface area contributed by atoms with Crippen molar-refractivity contribution in [1.82, 2.24) is 20.9 Å². The third-order valence-corrected chi connectivity index (χ3v) is 4.83. The van der Waals surface area contributed by atoms with Crippen molar-refractivity contribution in [2.75, 3.05) is 26.7 Å². The second-order valence-corrected chi connectivity index (χ2v) is 7.24. The fraction of sp³-hybridized carbons (Fsp3) is 0.571. The molecule has 1 atom stereocenters. The molecular weight excluding hydrogens is 354 g/mol. The van der Waals surface area contributed by atoms with Crippen LogP contribution in [-0.2, 0) is 11.3 Å². The fourth-order valence-corrected chi connectivity index (χ4v) is 3.15. The van der Waals surface area contributed by atoms with E-state index in [1.54, 1.807) is 11.9 Å². The molecule has 1 unspecified atom stereocenters. The minimum absolute atomic E-state index is 0.104. The molecule has 1 aromatic carbocycles. The molecule has 1 aliphatic rings. The van der Waals surface area contributed by atoms with Gasteiger partial charge >= 0.3 is 0 Å². The van der Waals surface area contributed by atoms with Gasteiger partial charge in [0.1, 0.15) is 0 Å². The van der Waals surface area contributed by atoms with E-state index >= 15 is 0 Å². The summed E-state index contributed by atoms with van der Waals surface area (Å²) in [5, 5.41) is 9.46. The molecule has 0 radical (unpaired) electrons. The highest BCUT2D eigenvalue weighted by atomic mass is 16.2. The Hall–Kier alpha value is -2.57. The number of nitrogens with one attached hydrogen (secondary N) is 3. The van der Waals surface area contributed by atoms with E-state index in [0.29, 0.717) is 31.2 Å². The molecule has 3 N–H and O–H groups in total. The lowest BCUT2D eigenvalue weighted by atomic mass is 10.1. The minimum Gasteiger partial charge on any atom is -0.354 e. The van der Waals surface area contributed by atoms with Crippen LogP contribution in [0.1, 0.15) is 55.5 Å². The first-order valence-electron chi connectivity index (χ1n) is 10.2. The fourth-order valence-electron chi connectivity index (χ4n) is 3.15. The zero-order chi connectivity index (χ0) is 20.4. The summed E-state index contributed by atoms with van der Waals surface area (Å²) in [6, 6.07) is 7.87. The van der Waals surface area contributed by atoms with Gasteiger partial charge in [-0.3, -0.25) is 14.6 Å². The first-order chi connectivity index (χ1) is 13.5. The van der Waals surface area contributed by atoms with Crippen molar-refractivity contribution in [3.05, 3.63) is 35.4 Å². The molecule has 0 saturated carbocycles. The Bertz CT molecular complexity index is 672. The Labute approximate surface area is 168 Å². The first-order valence-corrected chi connectivity index (χ1v) is 10.2. The molecular formula is C21H33N5O2. The first kappa shape index (κ1) is 21.7. The van der Waals surface area contributed by atoms with Gasteiger partial charge in [0, 0.05) is 38.3 Å². The number of nitrogens with zero attached hydrogens (tertiary/aromatic N) is 2. The van der Waals surface area contributed by atoms with Crippen molar-refractivity contribution < 1.29 is 9.59 Å². The molecule has 0 spiro atoms. The van der Waals surface area contributed by atoms with E-state index in [4.69, 9.17) is 0 Å². The maximum absolute atomic E-state index is 12.5. The van der Waals surface area contributed by atoms with Crippen molar-refractivity contribution in [2.45, 2.75) is 52.1 Å². The number of carbonyl (C=O) groups excluding carboxylic acids is 2. The number of rotatable bonds is 8. The van der Waals surface area contributed by atoms with Crippen molar-refractivity contribution in [1.29, 1.82) is 0 Å². The predicted molar refractivity (Wildman–Crippen MR) is 112 cm³/mol. The van der Waals surface area contributed by atoms with Gasteiger partial charge in [-0.1, -0.05) is 38.3 Å². The summed E-state index contributed by atoms with van der Waals surface area (Å²) in [6.45, 7) is 6.19. The summed E-state index contributed by atoms with van der Waals surface area (Å²) in [4.78, 5) is 29.8. The van der Waals surface area contributed by atoms with Crippen LogP contribution < -0.4 is 16.0 Å². The molecule has 7 heteroatoms. The molecule has 28 heavy (non-hydrogen) atoms. The minimum atomic E-state index is -0.108. The molecule has 1 heterocycles. The number of amides is 2. The third-order valence-electron chi connectivity index (χ3n) is 4.83. The molecule has 0 aliphatic carbocycles. The van der Waals surface area contributed by atoms with Crippen LogP contribution in [0.3, 0.4) is 0 Å². The molecule has 1 aliphatic heterocycles. The number of benzene rings is 1. The quantitative estimate of drug-likeness (QED) is 0.361. The van der Waals surface area contributed by atoms with E-state index in [2.05, 4.69) is 34.8 Å². The van der Waals surface area contributed by atoms with Crippen LogP contribution in [0.15, 0.2) is 29.3 Å². The topological polar surface area (TPSA) is 85.8 Å². The van der Waals surface area contributed by atoms with Gasteiger partial charge in [-0.15, -0.1) is 0 Å². The van der Waals surface area contributed by atoms with Crippen LogP contribution >= 0.6 is 0 Å². The van der Waals surface area contributed by atoms with Gasteiger partial charge in [0.15, 0.2) is 5.96 Å². The lowest BCUT2D eigenvalue weighted by molar-refractivity contribution is -0.123. The van der Waals surface area contributed by atoms with Gasteiger partial charge in [-0.2, -0.15) is 0 Å². The number of piperazine rings is 1. The van der Waals surface area contributed by atoms with Crippen LogP contribution in [-0.4, -0.2) is 55.4 Å². The smallest absolute Gasteiger partial charge is 0.254 e. The van der Waals surface area contributed by atoms with E-state index in [1.165, 1.54) is 19.3 Å². The van der Waals surface area contributed by atoms with Gasteiger partial charge in [0.05, 0.1) is 6.54 Å². The number of unbranched alkanes of at least 4 members (excludes halogenated alkanes) is 2. The summed E-state index contributed by atoms with van der Waals surface area (Å²) >= 11 is 0. The van der Waals surface area contributed by atoms with Crippen molar-refractivity contribution in [3.8, 4) is 0 Å². The average Bonchev–Trinajstić information content (AvgIpc) is 2.71.